The maximum absolute atomic E-state index is 12.7. The molecule has 17 heavy (non-hydrogen) atoms. The first-order valence-corrected chi connectivity index (χ1v) is 4.84. The van der Waals surface area contributed by atoms with Crippen LogP contribution in [0, 0.1) is 11.6 Å². The second-order valence-corrected chi connectivity index (χ2v) is 3.52. The Hall–Kier alpha value is -1.46. The molecule has 1 rings (SSSR count). The molecule has 1 aromatic carbocycles. The first-order chi connectivity index (χ1) is 7.79. The monoisotopic (exact) mass is 252 g/mol. The second-order valence-electron chi connectivity index (χ2n) is 3.52. The minimum atomic E-state index is -4.31. The third-order valence-electron chi connectivity index (χ3n) is 2.11. The molecule has 0 aliphatic carbocycles. The van der Waals surface area contributed by atoms with E-state index in [9.17, 15) is 26.7 Å². The quantitative estimate of drug-likeness (QED) is 0.587. The van der Waals surface area contributed by atoms with Crippen molar-refractivity contribution in [1.29, 1.82) is 0 Å². The number of carbonyl (C=O) groups is 1. The van der Waals surface area contributed by atoms with E-state index < -0.39 is 30.0 Å². The average Bonchev–Trinajstić information content (AvgIpc) is 2.20. The summed E-state index contributed by atoms with van der Waals surface area (Å²) in [5, 5.41) is 0. The third-order valence-corrected chi connectivity index (χ3v) is 2.11. The van der Waals surface area contributed by atoms with E-state index in [0.717, 1.165) is 12.1 Å². The highest BCUT2D eigenvalue weighted by Crippen LogP contribution is 2.23. The number of benzene rings is 1. The Morgan fingerprint density at radius 2 is 1.76 bits per heavy atom. The van der Waals surface area contributed by atoms with Crippen LogP contribution in [0.1, 0.15) is 29.6 Å². The van der Waals surface area contributed by atoms with Crippen LogP contribution in [0.25, 0.3) is 0 Å². The van der Waals surface area contributed by atoms with Gasteiger partial charge in [-0.1, -0.05) is 0 Å². The van der Waals surface area contributed by atoms with Gasteiger partial charge < -0.3 is 0 Å². The van der Waals surface area contributed by atoms with Gasteiger partial charge in [-0.05, 0) is 24.6 Å². The SMILES string of the molecule is O=C(CCCC(F)(F)F)c1ccc(F)c(F)c1. The number of ketones is 1. The van der Waals surface area contributed by atoms with E-state index >= 15 is 0 Å². The van der Waals surface area contributed by atoms with Gasteiger partial charge in [-0.25, -0.2) is 8.78 Å². The van der Waals surface area contributed by atoms with E-state index in [-0.39, 0.29) is 18.4 Å². The van der Waals surface area contributed by atoms with Crippen molar-refractivity contribution in [3.63, 3.8) is 0 Å². The summed E-state index contributed by atoms with van der Waals surface area (Å²) >= 11 is 0. The molecule has 94 valence electrons. The zero-order valence-corrected chi connectivity index (χ0v) is 8.65. The summed E-state index contributed by atoms with van der Waals surface area (Å²) < 4.78 is 60.7. The molecule has 0 aromatic heterocycles. The van der Waals surface area contributed by atoms with Crippen LogP contribution >= 0.6 is 0 Å². The smallest absolute Gasteiger partial charge is 0.294 e. The number of Topliss-reactive ketones (excluding diaryl/α,β-unsaturated/α-hetero) is 1. The molecule has 6 heteroatoms. The maximum atomic E-state index is 12.7. The fraction of sp³-hybridized carbons (Fsp3) is 0.364. The van der Waals surface area contributed by atoms with Crippen LogP contribution in [0.3, 0.4) is 0 Å². The van der Waals surface area contributed by atoms with Crippen molar-refractivity contribution in [2.45, 2.75) is 25.4 Å². The van der Waals surface area contributed by atoms with E-state index in [1.807, 2.05) is 0 Å². The number of hydrogen-bond acceptors (Lipinski definition) is 1. The molecule has 0 aliphatic rings. The van der Waals surface area contributed by atoms with E-state index in [1.54, 1.807) is 0 Å². The summed E-state index contributed by atoms with van der Waals surface area (Å²) in [6, 6.07) is 2.51. The van der Waals surface area contributed by atoms with Crippen molar-refractivity contribution < 1.29 is 26.7 Å². The summed E-state index contributed by atoms with van der Waals surface area (Å²) in [6.07, 6.45) is -6.08. The molecular formula is C11H9F5O. The molecule has 0 N–H and O–H groups in total. The first-order valence-electron chi connectivity index (χ1n) is 4.84. The Balaban J connectivity index is 2.56. The predicted octanol–water partition coefficient (Wildman–Crippen LogP) is 3.88. The summed E-state index contributed by atoms with van der Waals surface area (Å²) in [5.41, 5.74) is -0.119. The Morgan fingerprint density at radius 1 is 1.12 bits per heavy atom. The Bertz CT molecular complexity index is 411. The topological polar surface area (TPSA) is 17.1 Å². The van der Waals surface area contributed by atoms with Crippen molar-refractivity contribution in [3.05, 3.63) is 35.4 Å². The number of alkyl halides is 3. The molecule has 0 radical (unpaired) electrons. The van der Waals surface area contributed by atoms with E-state index in [1.165, 1.54) is 0 Å². The minimum Gasteiger partial charge on any atom is -0.294 e. The zero-order chi connectivity index (χ0) is 13.1. The van der Waals surface area contributed by atoms with Crippen LogP contribution < -0.4 is 0 Å². The highest BCUT2D eigenvalue weighted by Gasteiger charge is 2.26. The molecule has 1 nitrogen and oxygen atoms in total. The lowest BCUT2D eigenvalue weighted by molar-refractivity contribution is -0.135. The minimum absolute atomic E-state index is 0.119. The van der Waals surface area contributed by atoms with Gasteiger partial charge in [-0.3, -0.25) is 4.79 Å². The zero-order valence-electron chi connectivity index (χ0n) is 8.65. The fourth-order valence-electron chi connectivity index (χ4n) is 1.26. The molecule has 1 aromatic rings. The van der Waals surface area contributed by atoms with E-state index in [4.69, 9.17) is 0 Å². The van der Waals surface area contributed by atoms with Crippen molar-refractivity contribution in [2.24, 2.45) is 0 Å². The van der Waals surface area contributed by atoms with Gasteiger partial charge >= 0.3 is 6.18 Å². The highest BCUT2D eigenvalue weighted by atomic mass is 19.4. The molecule has 0 aliphatic heterocycles. The van der Waals surface area contributed by atoms with Gasteiger partial charge in [0.15, 0.2) is 17.4 Å². The fourth-order valence-corrected chi connectivity index (χ4v) is 1.26. The van der Waals surface area contributed by atoms with Gasteiger partial charge in [0, 0.05) is 18.4 Å². The van der Waals surface area contributed by atoms with Gasteiger partial charge in [0.1, 0.15) is 0 Å². The van der Waals surface area contributed by atoms with Crippen molar-refractivity contribution >= 4 is 5.78 Å². The first kappa shape index (κ1) is 13.6. The van der Waals surface area contributed by atoms with Gasteiger partial charge in [-0.15, -0.1) is 0 Å². The molecule has 0 atom stereocenters. The number of rotatable bonds is 4. The molecule has 0 fully saturated rings. The van der Waals surface area contributed by atoms with Crippen LogP contribution in [-0.4, -0.2) is 12.0 Å². The number of hydrogen-bond donors (Lipinski definition) is 0. The molecule has 0 unspecified atom stereocenters. The third kappa shape index (κ3) is 4.50. The lowest BCUT2D eigenvalue weighted by Crippen LogP contribution is -2.08. The number of halogens is 5. The van der Waals surface area contributed by atoms with Gasteiger partial charge in [-0.2, -0.15) is 13.2 Å². The predicted molar refractivity (Wildman–Crippen MR) is 50.6 cm³/mol. The van der Waals surface area contributed by atoms with Crippen LogP contribution in [0.15, 0.2) is 18.2 Å². The highest BCUT2D eigenvalue weighted by molar-refractivity contribution is 5.95. The molecule has 0 amide bonds. The van der Waals surface area contributed by atoms with Crippen LogP contribution in [0.2, 0.25) is 0 Å². The van der Waals surface area contributed by atoms with Gasteiger partial charge in [0.2, 0.25) is 0 Å². The summed E-state index contributed by atoms with van der Waals surface area (Å²) in [5.74, 6) is -2.92. The molecule has 0 saturated heterocycles. The van der Waals surface area contributed by atoms with Crippen LogP contribution in [-0.2, 0) is 0 Å². The maximum Gasteiger partial charge on any atom is 0.389 e. The summed E-state index contributed by atoms with van der Waals surface area (Å²) in [7, 11) is 0. The van der Waals surface area contributed by atoms with Crippen LogP contribution in [0.5, 0.6) is 0 Å². The molecule has 0 saturated carbocycles. The van der Waals surface area contributed by atoms with Crippen molar-refractivity contribution in [3.8, 4) is 0 Å². The molecular weight excluding hydrogens is 243 g/mol. The Morgan fingerprint density at radius 3 is 2.29 bits per heavy atom. The van der Waals surface area contributed by atoms with E-state index in [0.29, 0.717) is 6.07 Å². The van der Waals surface area contributed by atoms with Crippen LogP contribution in [0.4, 0.5) is 22.0 Å². The summed E-state index contributed by atoms with van der Waals surface area (Å²) in [6.45, 7) is 0. The molecule has 0 heterocycles. The van der Waals surface area contributed by atoms with Crippen molar-refractivity contribution in [2.75, 3.05) is 0 Å². The largest absolute Gasteiger partial charge is 0.389 e. The number of carbonyl (C=O) groups excluding carboxylic acids is 1. The van der Waals surface area contributed by atoms with Gasteiger partial charge in [0.05, 0.1) is 0 Å². The second kappa shape index (κ2) is 5.25. The lowest BCUT2D eigenvalue weighted by Gasteiger charge is -2.05. The van der Waals surface area contributed by atoms with Crippen molar-refractivity contribution in [1.82, 2.24) is 0 Å². The molecule has 0 bridgehead atoms. The Labute approximate surface area is 94.2 Å². The van der Waals surface area contributed by atoms with Gasteiger partial charge in [0.25, 0.3) is 0 Å². The Kier molecular flexibility index (Phi) is 4.20. The normalized spacial score (nSPS) is 11.6. The lowest BCUT2D eigenvalue weighted by atomic mass is 10.1. The van der Waals surface area contributed by atoms with E-state index in [2.05, 4.69) is 0 Å². The molecule has 0 spiro atoms. The average molecular weight is 252 g/mol. The summed E-state index contributed by atoms with van der Waals surface area (Å²) in [4.78, 5) is 11.3. The standard InChI is InChI=1S/C11H9F5O/c12-8-4-3-7(6-9(8)13)10(17)2-1-5-11(14,15)16/h3-4,6H,1-2,5H2.